The van der Waals surface area contributed by atoms with Crippen molar-refractivity contribution in [1.82, 2.24) is 9.78 Å². The van der Waals surface area contributed by atoms with E-state index in [4.69, 9.17) is 5.11 Å². The highest BCUT2D eigenvalue weighted by Gasteiger charge is 2.24. The molecule has 0 spiro atoms. The number of aliphatic carboxylic acids is 1. The summed E-state index contributed by atoms with van der Waals surface area (Å²) in [5.41, 5.74) is 2.96. The summed E-state index contributed by atoms with van der Waals surface area (Å²) in [7, 11) is 1.51. The van der Waals surface area contributed by atoms with Gasteiger partial charge in [0.1, 0.15) is 5.56 Å². The Kier molecular flexibility index (Phi) is 6.13. The molecule has 3 aromatic carbocycles. The lowest BCUT2D eigenvalue weighted by atomic mass is 9.95. The van der Waals surface area contributed by atoms with E-state index in [1.54, 1.807) is 24.3 Å². The molecule has 0 aliphatic heterocycles. The van der Waals surface area contributed by atoms with E-state index in [1.165, 1.54) is 11.7 Å². The first-order chi connectivity index (χ1) is 15.9. The summed E-state index contributed by atoms with van der Waals surface area (Å²) >= 11 is 0. The van der Waals surface area contributed by atoms with Crippen molar-refractivity contribution in [3.63, 3.8) is 0 Å². The molecule has 4 rings (SSSR count). The van der Waals surface area contributed by atoms with Crippen LogP contribution in [0.3, 0.4) is 0 Å². The van der Waals surface area contributed by atoms with Crippen molar-refractivity contribution in [2.75, 3.05) is 5.32 Å². The molecule has 1 heterocycles. The van der Waals surface area contributed by atoms with Crippen molar-refractivity contribution in [3.05, 3.63) is 106 Å². The summed E-state index contributed by atoms with van der Waals surface area (Å²) < 4.78 is 1.17. The second-order valence-electron chi connectivity index (χ2n) is 7.48. The largest absolute Gasteiger partial charge is 0.481 e. The zero-order chi connectivity index (χ0) is 23.4. The molecule has 0 saturated carbocycles. The van der Waals surface area contributed by atoms with E-state index in [1.807, 2.05) is 60.7 Å². The van der Waals surface area contributed by atoms with Crippen molar-refractivity contribution in [2.24, 2.45) is 7.05 Å². The minimum Gasteiger partial charge on any atom is -0.481 e. The van der Waals surface area contributed by atoms with Gasteiger partial charge in [0, 0.05) is 23.9 Å². The number of carboxylic acids is 1. The first kappa shape index (κ1) is 21.7. The highest BCUT2D eigenvalue weighted by atomic mass is 16.4. The molecule has 164 valence electrons. The first-order valence-corrected chi connectivity index (χ1v) is 10.3. The number of hydrogen-bond donors (Lipinski definition) is 2. The van der Waals surface area contributed by atoms with Gasteiger partial charge in [-0.1, -0.05) is 72.8 Å². The van der Waals surface area contributed by atoms with Gasteiger partial charge in [-0.15, -0.1) is 0 Å². The molecule has 0 atom stereocenters. The van der Waals surface area contributed by atoms with Gasteiger partial charge < -0.3 is 10.4 Å². The normalized spacial score (nSPS) is 10.6. The van der Waals surface area contributed by atoms with Crippen molar-refractivity contribution in [1.29, 1.82) is 0 Å². The van der Waals surface area contributed by atoms with Gasteiger partial charge in [0.05, 0.1) is 12.1 Å². The number of benzene rings is 3. The van der Waals surface area contributed by atoms with Crippen LogP contribution in [0.15, 0.2) is 89.7 Å². The molecule has 2 N–H and O–H groups in total. The highest BCUT2D eigenvalue weighted by Crippen LogP contribution is 2.32. The van der Waals surface area contributed by atoms with E-state index in [0.717, 1.165) is 5.56 Å². The lowest BCUT2D eigenvalue weighted by molar-refractivity contribution is -0.136. The molecule has 0 unspecified atom stereocenters. The Hall–Kier alpha value is -4.52. The number of carbonyl (C=O) groups excluding carboxylic acids is 1. The number of rotatable bonds is 6. The maximum absolute atomic E-state index is 13.4. The van der Waals surface area contributed by atoms with Gasteiger partial charge in [0.15, 0.2) is 0 Å². The predicted molar refractivity (Wildman–Crippen MR) is 126 cm³/mol. The first-order valence-electron chi connectivity index (χ1n) is 10.3. The Morgan fingerprint density at radius 1 is 0.879 bits per heavy atom. The van der Waals surface area contributed by atoms with Gasteiger partial charge in [-0.25, -0.2) is 4.68 Å². The number of nitrogens with one attached hydrogen (secondary N) is 1. The Morgan fingerprint density at radius 2 is 1.45 bits per heavy atom. The fourth-order valence-corrected chi connectivity index (χ4v) is 3.60. The van der Waals surface area contributed by atoms with Gasteiger partial charge in [-0.3, -0.25) is 14.4 Å². The van der Waals surface area contributed by atoms with Crippen molar-refractivity contribution in [2.45, 2.75) is 6.42 Å². The number of carbonyl (C=O) groups is 2. The topological polar surface area (TPSA) is 101 Å². The molecular weight excluding hydrogens is 418 g/mol. The Morgan fingerprint density at radius 3 is 2.03 bits per heavy atom. The maximum atomic E-state index is 13.4. The average molecular weight is 439 g/mol. The highest BCUT2D eigenvalue weighted by molar-refractivity contribution is 6.10. The van der Waals surface area contributed by atoms with Crippen LogP contribution >= 0.6 is 0 Å². The Labute approximate surface area is 190 Å². The van der Waals surface area contributed by atoms with Crippen LogP contribution in [0, 0.1) is 0 Å². The van der Waals surface area contributed by atoms with E-state index in [-0.39, 0.29) is 12.0 Å². The lowest BCUT2D eigenvalue weighted by Crippen LogP contribution is -2.31. The van der Waals surface area contributed by atoms with Crippen LogP contribution in [0.4, 0.5) is 5.69 Å². The van der Waals surface area contributed by atoms with Crippen molar-refractivity contribution in [3.8, 4) is 22.4 Å². The van der Waals surface area contributed by atoms with E-state index in [2.05, 4.69) is 10.4 Å². The number of aromatic nitrogens is 2. The summed E-state index contributed by atoms with van der Waals surface area (Å²) in [6, 6.07) is 25.1. The Balaban J connectivity index is 1.83. The number of anilines is 1. The molecule has 1 amide bonds. The molecule has 33 heavy (non-hydrogen) atoms. The van der Waals surface area contributed by atoms with Crippen LogP contribution in [0.25, 0.3) is 22.4 Å². The summed E-state index contributed by atoms with van der Waals surface area (Å²) in [6.07, 6.45) is -0.113. The van der Waals surface area contributed by atoms with Crippen LogP contribution in [0.2, 0.25) is 0 Å². The molecule has 0 fully saturated rings. The lowest BCUT2D eigenvalue weighted by Gasteiger charge is -2.16. The fourth-order valence-electron chi connectivity index (χ4n) is 3.60. The number of nitrogens with zero attached hydrogens (tertiary/aromatic N) is 2. The number of aryl methyl sites for hydroxylation is 1. The van der Waals surface area contributed by atoms with Crippen molar-refractivity contribution < 1.29 is 14.7 Å². The van der Waals surface area contributed by atoms with Gasteiger partial charge in [0.2, 0.25) is 0 Å². The summed E-state index contributed by atoms with van der Waals surface area (Å²) in [6.45, 7) is 0. The van der Waals surface area contributed by atoms with E-state index >= 15 is 0 Å². The molecule has 0 aliphatic carbocycles. The third kappa shape index (κ3) is 4.72. The number of carboxylic acid groups (broad SMARTS) is 1. The van der Waals surface area contributed by atoms with E-state index in [0.29, 0.717) is 28.1 Å². The SMILES string of the molecule is Cn1nc(-c2ccccc2)c(-c2ccccc2)c(C(=O)Nc2ccc(CC(=O)O)cc2)c1=O. The summed E-state index contributed by atoms with van der Waals surface area (Å²) in [5, 5.41) is 16.2. The molecule has 0 saturated heterocycles. The summed E-state index contributed by atoms with van der Waals surface area (Å²) in [5.74, 6) is -1.51. The Bertz CT molecular complexity index is 1360. The zero-order valence-electron chi connectivity index (χ0n) is 17.9. The molecule has 0 bridgehead atoms. The molecule has 7 nitrogen and oxygen atoms in total. The fraction of sp³-hybridized carbons (Fsp3) is 0.0769. The van der Waals surface area contributed by atoms with Crippen LogP contribution in [0.1, 0.15) is 15.9 Å². The second-order valence-corrected chi connectivity index (χ2v) is 7.48. The minimum absolute atomic E-state index is 0.0211. The number of hydrogen-bond acceptors (Lipinski definition) is 4. The van der Waals surface area contributed by atoms with E-state index < -0.39 is 17.4 Å². The molecule has 4 aromatic rings. The van der Waals surface area contributed by atoms with Crippen LogP contribution in [-0.2, 0) is 18.3 Å². The molecular formula is C26H21N3O4. The minimum atomic E-state index is -0.937. The van der Waals surface area contributed by atoms with Gasteiger partial charge >= 0.3 is 5.97 Å². The number of amides is 1. The third-order valence-corrected chi connectivity index (χ3v) is 5.15. The quantitative estimate of drug-likeness (QED) is 0.473. The van der Waals surface area contributed by atoms with Gasteiger partial charge in [0.25, 0.3) is 11.5 Å². The molecule has 1 aromatic heterocycles. The monoisotopic (exact) mass is 439 g/mol. The summed E-state index contributed by atoms with van der Waals surface area (Å²) in [4.78, 5) is 37.4. The molecule has 7 heteroatoms. The van der Waals surface area contributed by atoms with Gasteiger partial charge in [-0.05, 0) is 23.3 Å². The second kappa shape index (κ2) is 9.32. The smallest absolute Gasteiger partial charge is 0.307 e. The third-order valence-electron chi connectivity index (χ3n) is 5.15. The van der Waals surface area contributed by atoms with Crippen LogP contribution in [-0.4, -0.2) is 26.8 Å². The maximum Gasteiger partial charge on any atom is 0.307 e. The van der Waals surface area contributed by atoms with Gasteiger partial charge in [-0.2, -0.15) is 5.10 Å². The average Bonchev–Trinajstić information content (AvgIpc) is 2.82. The van der Waals surface area contributed by atoms with Crippen molar-refractivity contribution >= 4 is 17.6 Å². The van der Waals surface area contributed by atoms with Crippen LogP contribution < -0.4 is 10.9 Å². The van der Waals surface area contributed by atoms with Crippen LogP contribution in [0.5, 0.6) is 0 Å². The van der Waals surface area contributed by atoms with E-state index in [9.17, 15) is 14.4 Å². The predicted octanol–water partition coefficient (Wildman–Crippen LogP) is 3.99. The molecule has 0 aliphatic rings. The zero-order valence-corrected chi connectivity index (χ0v) is 17.9. The standard InChI is InChI=1S/C26H21N3O4/c1-29-26(33)23(25(32)27-20-14-12-17(13-15-20)16-21(30)31)22(18-8-4-2-5-9-18)24(28-29)19-10-6-3-7-11-19/h2-15H,16H2,1H3,(H,27,32)(H,30,31). The molecule has 0 radical (unpaired) electrons.